The normalized spacial score (nSPS) is 11.4. The molecular weight excluding hydrogens is 257 g/mol. The second-order valence-corrected chi connectivity index (χ2v) is 4.02. The number of para-hydroxylation sites is 1. The number of anilines is 2. The zero-order chi connectivity index (χ0) is 14.0. The van der Waals surface area contributed by atoms with E-state index in [9.17, 15) is 18.3 Å². The summed E-state index contributed by atoms with van der Waals surface area (Å²) in [4.78, 5) is 3.27. The monoisotopic (exact) mass is 268 g/mol. The average molecular weight is 268 g/mol. The van der Waals surface area contributed by atoms with Gasteiger partial charge in [0.25, 0.3) is 0 Å². The van der Waals surface area contributed by atoms with Crippen molar-refractivity contribution < 1.29 is 18.3 Å². The van der Waals surface area contributed by atoms with Gasteiger partial charge in [-0.25, -0.2) is 0 Å². The smallest absolute Gasteiger partial charge is 0.433 e. The number of aromatic nitrogens is 1. The molecule has 2 aromatic rings. The highest BCUT2D eigenvalue weighted by molar-refractivity contribution is 5.69. The molecule has 19 heavy (non-hydrogen) atoms. The van der Waals surface area contributed by atoms with Crippen LogP contribution < -0.4 is 5.32 Å². The third-order valence-electron chi connectivity index (χ3n) is 2.57. The molecule has 2 rings (SSSR count). The Bertz CT molecular complexity index is 576. The fraction of sp³-hybridized carbons (Fsp3) is 0.154. The van der Waals surface area contributed by atoms with E-state index in [1.54, 1.807) is 19.1 Å². The van der Waals surface area contributed by atoms with E-state index in [2.05, 4.69) is 10.3 Å². The van der Waals surface area contributed by atoms with Crippen LogP contribution in [0, 0.1) is 6.92 Å². The molecule has 0 atom stereocenters. The Kier molecular flexibility index (Phi) is 3.33. The highest BCUT2D eigenvalue weighted by Crippen LogP contribution is 2.32. The van der Waals surface area contributed by atoms with Gasteiger partial charge in [0.2, 0.25) is 0 Å². The Hall–Kier alpha value is -2.24. The highest BCUT2D eigenvalue weighted by Gasteiger charge is 2.32. The number of hydrogen-bond donors (Lipinski definition) is 2. The van der Waals surface area contributed by atoms with Crippen molar-refractivity contribution in [3.8, 4) is 5.75 Å². The molecule has 0 saturated carbocycles. The van der Waals surface area contributed by atoms with Gasteiger partial charge in [0, 0.05) is 11.9 Å². The van der Waals surface area contributed by atoms with Crippen molar-refractivity contribution in [3.05, 3.63) is 47.8 Å². The van der Waals surface area contributed by atoms with Gasteiger partial charge in [-0.1, -0.05) is 12.1 Å². The third-order valence-corrected chi connectivity index (χ3v) is 2.57. The lowest BCUT2D eigenvalue weighted by Crippen LogP contribution is -2.08. The minimum Gasteiger partial charge on any atom is -0.506 e. The highest BCUT2D eigenvalue weighted by atomic mass is 19.4. The fourth-order valence-electron chi connectivity index (χ4n) is 1.62. The van der Waals surface area contributed by atoms with Crippen molar-refractivity contribution >= 4 is 11.4 Å². The van der Waals surface area contributed by atoms with E-state index in [1.165, 1.54) is 12.1 Å². The summed E-state index contributed by atoms with van der Waals surface area (Å²) in [6, 6.07) is 7.16. The fourth-order valence-corrected chi connectivity index (χ4v) is 1.62. The molecule has 1 aromatic heterocycles. The summed E-state index contributed by atoms with van der Waals surface area (Å²) in [5.74, 6) is -0.0228. The van der Waals surface area contributed by atoms with Crippen molar-refractivity contribution in [2.45, 2.75) is 13.1 Å². The maximum atomic E-state index is 12.5. The minimum absolute atomic E-state index is 0.0228. The van der Waals surface area contributed by atoms with Gasteiger partial charge in [0.1, 0.15) is 11.4 Å². The molecular formula is C13H11F3N2O. The predicted octanol–water partition coefficient (Wildman–Crippen LogP) is 3.86. The van der Waals surface area contributed by atoms with Crippen molar-refractivity contribution in [2.24, 2.45) is 0 Å². The number of phenols is 1. The summed E-state index contributed by atoms with van der Waals surface area (Å²) >= 11 is 0. The van der Waals surface area contributed by atoms with Crippen LogP contribution >= 0.6 is 0 Å². The zero-order valence-electron chi connectivity index (χ0n) is 9.99. The number of nitrogens with zero attached hydrogens (tertiary/aromatic N) is 1. The molecule has 0 fully saturated rings. The van der Waals surface area contributed by atoms with Crippen molar-refractivity contribution in [3.63, 3.8) is 0 Å². The molecule has 1 aromatic carbocycles. The first-order chi connectivity index (χ1) is 8.88. The Labute approximate surface area is 107 Å². The Balaban J connectivity index is 2.34. The van der Waals surface area contributed by atoms with Crippen LogP contribution in [0.2, 0.25) is 0 Å². The van der Waals surface area contributed by atoms with Crippen LogP contribution in [0.5, 0.6) is 5.75 Å². The summed E-state index contributed by atoms with van der Waals surface area (Å²) < 4.78 is 37.6. The molecule has 2 N–H and O–H groups in total. The van der Waals surface area contributed by atoms with Gasteiger partial charge < -0.3 is 10.4 Å². The Morgan fingerprint density at radius 3 is 2.58 bits per heavy atom. The number of hydrogen-bond acceptors (Lipinski definition) is 3. The summed E-state index contributed by atoms with van der Waals surface area (Å²) in [7, 11) is 0. The largest absolute Gasteiger partial charge is 0.506 e. The van der Waals surface area contributed by atoms with E-state index < -0.39 is 11.9 Å². The number of phenolic OH excluding ortho intramolecular Hbond substituents is 1. The first-order valence-electron chi connectivity index (χ1n) is 5.47. The second kappa shape index (κ2) is 4.79. The number of halogens is 3. The molecule has 3 nitrogen and oxygen atoms in total. The van der Waals surface area contributed by atoms with E-state index in [1.807, 2.05) is 0 Å². The molecule has 100 valence electrons. The van der Waals surface area contributed by atoms with Gasteiger partial charge in [0.15, 0.2) is 0 Å². The first kappa shape index (κ1) is 13.2. The molecule has 0 unspecified atom stereocenters. The quantitative estimate of drug-likeness (QED) is 0.813. The molecule has 0 bridgehead atoms. The van der Waals surface area contributed by atoms with E-state index in [0.29, 0.717) is 5.69 Å². The molecule has 6 heteroatoms. The zero-order valence-corrected chi connectivity index (χ0v) is 9.99. The molecule has 0 aliphatic rings. The topological polar surface area (TPSA) is 45.1 Å². The van der Waals surface area contributed by atoms with Crippen LogP contribution in [0.4, 0.5) is 24.5 Å². The van der Waals surface area contributed by atoms with Gasteiger partial charge in [-0.2, -0.15) is 13.2 Å². The maximum Gasteiger partial charge on any atom is 0.433 e. The van der Waals surface area contributed by atoms with Crippen molar-refractivity contribution in [2.75, 3.05) is 5.32 Å². The number of alkyl halides is 3. The number of aryl methyl sites for hydroxylation is 1. The molecule has 0 spiro atoms. The SMILES string of the molecule is Cc1cccc(O)c1Nc1ccnc(C(F)(F)F)c1. The number of aromatic hydroxyl groups is 1. The maximum absolute atomic E-state index is 12.5. The van der Waals surface area contributed by atoms with Gasteiger partial charge in [-0.05, 0) is 30.7 Å². The lowest BCUT2D eigenvalue weighted by Gasteiger charge is -2.12. The molecule has 0 amide bonds. The molecule has 0 saturated heterocycles. The molecule has 0 aliphatic heterocycles. The first-order valence-corrected chi connectivity index (χ1v) is 5.47. The number of benzene rings is 1. The summed E-state index contributed by atoms with van der Waals surface area (Å²) in [5.41, 5.74) is 0.338. The standard InChI is InChI=1S/C13H11F3N2O/c1-8-3-2-4-10(19)12(8)18-9-5-6-17-11(7-9)13(14,15)16/h2-7,19H,1H3,(H,17,18). The van der Waals surface area contributed by atoms with Gasteiger partial charge in [0.05, 0.1) is 5.69 Å². The second-order valence-electron chi connectivity index (χ2n) is 4.02. The molecule has 1 heterocycles. The Morgan fingerprint density at radius 1 is 1.21 bits per heavy atom. The Morgan fingerprint density at radius 2 is 1.95 bits per heavy atom. The van der Waals surface area contributed by atoms with Crippen LogP contribution in [-0.4, -0.2) is 10.1 Å². The molecule has 0 radical (unpaired) electrons. The summed E-state index contributed by atoms with van der Waals surface area (Å²) in [5, 5.41) is 12.4. The van der Waals surface area contributed by atoms with Gasteiger partial charge in [-0.15, -0.1) is 0 Å². The molecule has 0 aliphatic carbocycles. The van der Waals surface area contributed by atoms with Gasteiger partial charge >= 0.3 is 6.18 Å². The predicted molar refractivity (Wildman–Crippen MR) is 65.4 cm³/mol. The van der Waals surface area contributed by atoms with E-state index in [-0.39, 0.29) is 11.4 Å². The van der Waals surface area contributed by atoms with E-state index >= 15 is 0 Å². The van der Waals surface area contributed by atoms with Crippen LogP contribution in [0.3, 0.4) is 0 Å². The third kappa shape index (κ3) is 2.96. The summed E-state index contributed by atoms with van der Waals surface area (Å²) in [6.07, 6.45) is -3.42. The lowest BCUT2D eigenvalue weighted by molar-refractivity contribution is -0.141. The number of pyridine rings is 1. The van der Waals surface area contributed by atoms with Crippen molar-refractivity contribution in [1.82, 2.24) is 4.98 Å². The van der Waals surface area contributed by atoms with Crippen LogP contribution in [0.15, 0.2) is 36.5 Å². The average Bonchev–Trinajstić information content (AvgIpc) is 2.33. The van der Waals surface area contributed by atoms with Crippen LogP contribution in [-0.2, 0) is 6.18 Å². The van der Waals surface area contributed by atoms with Crippen LogP contribution in [0.25, 0.3) is 0 Å². The minimum atomic E-state index is -4.49. The van der Waals surface area contributed by atoms with Crippen LogP contribution in [0.1, 0.15) is 11.3 Å². The van der Waals surface area contributed by atoms with Gasteiger partial charge in [-0.3, -0.25) is 4.98 Å². The van der Waals surface area contributed by atoms with Crippen molar-refractivity contribution in [1.29, 1.82) is 0 Å². The lowest BCUT2D eigenvalue weighted by atomic mass is 10.1. The van der Waals surface area contributed by atoms with E-state index in [0.717, 1.165) is 17.8 Å². The summed E-state index contributed by atoms with van der Waals surface area (Å²) in [6.45, 7) is 1.74. The van der Waals surface area contributed by atoms with E-state index in [4.69, 9.17) is 0 Å². The number of nitrogens with one attached hydrogen (secondary N) is 1. The number of rotatable bonds is 2.